The third kappa shape index (κ3) is 4.96. The second-order valence-electron chi connectivity index (χ2n) is 4.04. The molecular formula is C14H9ClF3IO2. The zero-order chi connectivity index (χ0) is 15.5. The van der Waals surface area contributed by atoms with Crippen LogP contribution >= 0.6 is 34.2 Å². The number of alkyl halides is 3. The summed E-state index contributed by atoms with van der Waals surface area (Å²) < 4.78 is 46.6. The van der Waals surface area contributed by atoms with Gasteiger partial charge in [-0.15, -0.1) is 13.2 Å². The van der Waals surface area contributed by atoms with Crippen molar-refractivity contribution in [3.05, 3.63) is 56.6 Å². The lowest BCUT2D eigenvalue weighted by Crippen LogP contribution is -2.18. The highest BCUT2D eigenvalue weighted by Crippen LogP contribution is 2.37. The molecular weight excluding hydrogens is 420 g/mol. The third-order valence-corrected chi connectivity index (χ3v) is 3.71. The van der Waals surface area contributed by atoms with Crippen molar-refractivity contribution in [2.45, 2.75) is 13.0 Å². The summed E-state index contributed by atoms with van der Waals surface area (Å²) in [7, 11) is 0. The molecule has 2 aromatic carbocycles. The summed E-state index contributed by atoms with van der Waals surface area (Å²) >= 11 is 7.53. The predicted octanol–water partition coefficient (Wildman–Crippen LogP) is 5.42. The molecule has 0 amide bonds. The third-order valence-electron chi connectivity index (χ3n) is 2.43. The molecule has 0 saturated carbocycles. The van der Waals surface area contributed by atoms with Crippen LogP contribution in [0.4, 0.5) is 13.2 Å². The van der Waals surface area contributed by atoms with Crippen LogP contribution in [0.5, 0.6) is 11.5 Å². The van der Waals surface area contributed by atoms with Gasteiger partial charge in [-0.3, -0.25) is 0 Å². The maximum Gasteiger partial charge on any atom is 0.573 e. The molecule has 0 heterocycles. The molecule has 0 aromatic heterocycles. The summed E-state index contributed by atoms with van der Waals surface area (Å²) in [5, 5.41) is 0.109. The van der Waals surface area contributed by atoms with Crippen molar-refractivity contribution in [2.24, 2.45) is 0 Å². The summed E-state index contributed by atoms with van der Waals surface area (Å²) in [6, 6.07) is 11.8. The van der Waals surface area contributed by atoms with Crippen molar-refractivity contribution in [3.63, 3.8) is 0 Å². The molecule has 2 nitrogen and oxygen atoms in total. The van der Waals surface area contributed by atoms with Gasteiger partial charge in [-0.05, 0) is 28.2 Å². The minimum absolute atomic E-state index is 0.109. The summed E-state index contributed by atoms with van der Waals surface area (Å²) in [5.41, 5.74) is 0.895. The van der Waals surface area contributed by atoms with Crippen molar-refractivity contribution in [1.29, 1.82) is 0 Å². The van der Waals surface area contributed by atoms with Gasteiger partial charge in [0.1, 0.15) is 18.1 Å². The number of hydrogen-bond acceptors (Lipinski definition) is 2. The molecule has 0 saturated heterocycles. The molecule has 0 aliphatic rings. The largest absolute Gasteiger partial charge is 0.573 e. The van der Waals surface area contributed by atoms with Crippen LogP contribution in [0.2, 0.25) is 5.02 Å². The predicted molar refractivity (Wildman–Crippen MR) is 81.6 cm³/mol. The van der Waals surface area contributed by atoms with Crippen LogP contribution in [0.15, 0.2) is 42.5 Å². The van der Waals surface area contributed by atoms with Gasteiger partial charge < -0.3 is 9.47 Å². The fraction of sp³-hybridized carbons (Fsp3) is 0.143. The molecule has 0 spiro atoms. The second kappa shape index (κ2) is 6.74. The molecule has 0 aliphatic carbocycles. The summed E-state index contributed by atoms with van der Waals surface area (Å²) in [6.45, 7) is 0.225. The van der Waals surface area contributed by atoms with E-state index in [-0.39, 0.29) is 26.7 Å². The van der Waals surface area contributed by atoms with Crippen LogP contribution in [0.25, 0.3) is 0 Å². The highest BCUT2D eigenvalue weighted by molar-refractivity contribution is 14.1. The van der Waals surface area contributed by atoms with Gasteiger partial charge in [0.15, 0.2) is 0 Å². The van der Waals surface area contributed by atoms with Crippen LogP contribution in [-0.2, 0) is 6.61 Å². The average Bonchev–Trinajstić information content (AvgIpc) is 2.40. The van der Waals surface area contributed by atoms with Gasteiger partial charge in [-0.1, -0.05) is 41.9 Å². The molecule has 0 bridgehead atoms. The van der Waals surface area contributed by atoms with E-state index in [4.69, 9.17) is 16.3 Å². The molecule has 0 radical (unpaired) electrons. The van der Waals surface area contributed by atoms with Crippen LogP contribution in [0.1, 0.15) is 5.56 Å². The second-order valence-corrected chi connectivity index (χ2v) is 5.55. The number of hydrogen-bond donors (Lipinski definition) is 0. The van der Waals surface area contributed by atoms with Gasteiger partial charge in [0.05, 0.1) is 3.57 Å². The first-order valence-electron chi connectivity index (χ1n) is 5.76. The van der Waals surface area contributed by atoms with E-state index in [1.54, 1.807) is 22.6 Å². The lowest BCUT2D eigenvalue weighted by Gasteiger charge is -2.14. The molecule has 0 atom stereocenters. The van der Waals surface area contributed by atoms with Gasteiger partial charge >= 0.3 is 6.36 Å². The highest BCUT2D eigenvalue weighted by Gasteiger charge is 2.32. The smallest absolute Gasteiger partial charge is 0.488 e. The number of rotatable bonds is 4. The minimum atomic E-state index is -4.78. The Kier molecular flexibility index (Phi) is 5.21. The first-order valence-corrected chi connectivity index (χ1v) is 7.22. The van der Waals surface area contributed by atoms with E-state index in [9.17, 15) is 13.2 Å². The maximum atomic E-state index is 12.3. The Morgan fingerprint density at radius 1 is 1.05 bits per heavy atom. The first-order chi connectivity index (χ1) is 9.85. The molecule has 0 unspecified atom stereocenters. The van der Waals surface area contributed by atoms with E-state index in [1.807, 2.05) is 30.3 Å². The van der Waals surface area contributed by atoms with Gasteiger partial charge in [-0.2, -0.15) is 0 Å². The zero-order valence-corrected chi connectivity index (χ0v) is 13.4. The highest BCUT2D eigenvalue weighted by atomic mass is 127. The molecule has 21 heavy (non-hydrogen) atoms. The number of halogens is 5. The lowest BCUT2D eigenvalue weighted by atomic mass is 10.2. The monoisotopic (exact) mass is 428 g/mol. The van der Waals surface area contributed by atoms with Crippen molar-refractivity contribution in [3.8, 4) is 11.5 Å². The molecule has 2 aromatic rings. The molecule has 0 fully saturated rings. The molecule has 7 heteroatoms. The maximum absolute atomic E-state index is 12.3. The van der Waals surface area contributed by atoms with E-state index in [1.165, 1.54) is 6.07 Å². The van der Waals surface area contributed by atoms with Gasteiger partial charge in [-0.25, -0.2) is 0 Å². The van der Waals surface area contributed by atoms with E-state index >= 15 is 0 Å². The first kappa shape index (κ1) is 16.2. The van der Waals surface area contributed by atoms with E-state index in [0.717, 1.165) is 11.6 Å². The SMILES string of the molecule is FC(F)(F)Oc1cc(Cl)cc(OCc2ccccc2)c1I. The van der Waals surface area contributed by atoms with Crippen molar-refractivity contribution < 1.29 is 22.6 Å². The van der Waals surface area contributed by atoms with Crippen LogP contribution in [-0.4, -0.2) is 6.36 Å². The number of benzene rings is 2. The lowest BCUT2D eigenvalue weighted by molar-refractivity contribution is -0.275. The Balaban J connectivity index is 2.19. The fourth-order valence-corrected chi connectivity index (χ4v) is 2.35. The van der Waals surface area contributed by atoms with Crippen molar-refractivity contribution in [2.75, 3.05) is 0 Å². The van der Waals surface area contributed by atoms with Gasteiger partial charge in [0.25, 0.3) is 0 Å². The normalized spacial score (nSPS) is 11.3. The Morgan fingerprint density at radius 2 is 1.67 bits per heavy atom. The summed E-state index contributed by atoms with van der Waals surface area (Å²) in [5.74, 6) is -0.134. The summed E-state index contributed by atoms with van der Waals surface area (Å²) in [6.07, 6.45) is -4.78. The minimum Gasteiger partial charge on any atom is -0.488 e. The van der Waals surface area contributed by atoms with Crippen LogP contribution < -0.4 is 9.47 Å². The quantitative estimate of drug-likeness (QED) is 0.605. The molecule has 0 aliphatic heterocycles. The molecule has 2 rings (SSSR count). The Labute approximate surface area is 138 Å². The zero-order valence-electron chi connectivity index (χ0n) is 10.5. The summed E-state index contributed by atoms with van der Waals surface area (Å²) in [4.78, 5) is 0. The Bertz CT molecular complexity index is 618. The Hall–Kier alpha value is -1.15. The van der Waals surface area contributed by atoms with Crippen LogP contribution in [0, 0.1) is 3.57 Å². The van der Waals surface area contributed by atoms with Crippen molar-refractivity contribution >= 4 is 34.2 Å². The average molecular weight is 429 g/mol. The standard InChI is InChI=1S/C14H9ClF3IO2/c15-10-6-11(20-8-9-4-2-1-3-5-9)13(19)12(7-10)21-14(16,17)18/h1-7H,8H2. The topological polar surface area (TPSA) is 18.5 Å². The van der Waals surface area contributed by atoms with E-state index in [0.29, 0.717) is 0 Å². The van der Waals surface area contributed by atoms with Crippen LogP contribution in [0.3, 0.4) is 0 Å². The Morgan fingerprint density at radius 3 is 2.29 bits per heavy atom. The van der Waals surface area contributed by atoms with E-state index < -0.39 is 6.36 Å². The molecule has 0 N–H and O–H groups in total. The van der Waals surface area contributed by atoms with Crippen molar-refractivity contribution in [1.82, 2.24) is 0 Å². The molecule has 112 valence electrons. The van der Waals surface area contributed by atoms with Gasteiger partial charge in [0, 0.05) is 17.2 Å². The number of ether oxygens (including phenoxy) is 2. The van der Waals surface area contributed by atoms with Gasteiger partial charge in [0.2, 0.25) is 0 Å². The van der Waals surface area contributed by atoms with E-state index in [2.05, 4.69) is 4.74 Å². The fourth-order valence-electron chi connectivity index (χ4n) is 1.58.